The van der Waals surface area contributed by atoms with E-state index in [4.69, 9.17) is 14.2 Å². The first-order valence-electron chi connectivity index (χ1n) is 28.8. The quantitative estimate of drug-likeness (QED) is 0.0262. The standard InChI is InChI=1S/C59H110O6/c1-4-7-10-13-16-19-22-24-26-28-29-31-33-35-38-41-44-47-50-53-59(62)65-56(54-63-57(60)51-48-45-42-39-36-21-18-15-12-9-6-3)55-64-58(61)52-49-46-43-40-37-34-32-30-27-25-23-20-17-14-11-8-5-2/h17,20,25,27,56H,4-16,18-19,21-24,26,28-55H2,1-3H3/b20-17-,27-25-/t56-/m0/s1. The first kappa shape index (κ1) is 62.9. The third kappa shape index (κ3) is 52.7. The van der Waals surface area contributed by atoms with Gasteiger partial charge in [-0.3, -0.25) is 14.4 Å². The largest absolute Gasteiger partial charge is 0.462 e. The summed E-state index contributed by atoms with van der Waals surface area (Å²) in [5.41, 5.74) is 0. The molecule has 382 valence electrons. The van der Waals surface area contributed by atoms with Crippen molar-refractivity contribution < 1.29 is 28.6 Å². The summed E-state index contributed by atoms with van der Waals surface area (Å²) in [4.78, 5) is 38.1. The number of ether oxygens (including phenoxy) is 3. The maximum atomic E-state index is 12.8. The molecule has 0 fully saturated rings. The third-order valence-electron chi connectivity index (χ3n) is 13.0. The second kappa shape index (κ2) is 54.5. The molecule has 0 aromatic rings. The van der Waals surface area contributed by atoms with Crippen molar-refractivity contribution in [3.63, 3.8) is 0 Å². The van der Waals surface area contributed by atoms with E-state index >= 15 is 0 Å². The van der Waals surface area contributed by atoms with E-state index in [0.29, 0.717) is 19.3 Å². The van der Waals surface area contributed by atoms with E-state index in [-0.39, 0.29) is 31.1 Å². The van der Waals surface area contributed by atoms with Crippen LogP contribution in [0.4, 0.5) is 0 Å². The van der Waals surface area contributed by atoms with E-state index in [9.17, 15) is 14.4 Å². The zero-order chi connectivity index (χ0) is 47.2. The molecule has 0 aromatic heterocycles. The summed E-state index contributed by atoms with van der Waals surface area (Å²) in [6.45, 7) is 6.65. The van der Waals surface area contributed by atoms with E-state index in [1.807, 2.05) is 0 Å². The van der Waals surface area contributed by atoms with E-state index < -0.39 is 6.10 Å². The number of esters is 3. The van der Waals surface area contributed by atoms with Gasteiger partial charge in [-0.05, 0) is 51.4 Å². The highest BCUT2D eigenvalue weighted by atomic mass is 16.6. The fourth-order valence-corrected chi connectivity index (χ4v) is 8.59. The Morgan fingerprint density at radius 3 is 0.877 bits per heavy atom. The molecule has 0 aliphatic heterocycles. The second-order valence-corrected chi connectivity index (χ2v) is 19.6. The molecule has 0 spiro atoms. The molecule has 0 saturated carbocycles. The maximum absolute atomic E-state index is 12.8. The lowest BCUT2D eigenvalue weighted by Gasteiger charge is -2.18. The normalized spacial score (nSPS) is 12.1. The van der Waals surface area contributed by atoms with Crippen LogP contribution in [0.5, 0.6) is 0 Å². The molecule has 0 bridgehead atoms. The lowest BCUT2D eigenvalue weighted by molar-refractivity contribution is -0.167. The topological polar surface area (TPSA) is 78.9 Å². The lowest BCUT2D eigenvalue weighted by atomic mass is 10.0. The molecule has 0 heterocycles. The lowest BCUT2D eigenvalue weighted by Crippen LogP contribution is -2.30. The van der Waals surface area contributed by atoms with Gasteiger partial charge < -0.3 is 14.2 Å². The van der Waals surface area contributed by atoms with Crippen molar-refractivity contribution in [2.45, 2.75) is 322 Å². The van der Waals surface area contributed by atoms with Crippen molar-refractivity contribution in [2.75, 3.05) is 13.2 Å². The molecule has 0 radical (unpaired) electrons. The van der Waals surface area contributed by atoms with Crippen molar-refractivity contribution >= 4 is 17.9 Å². The SMILES string of the molecule is CCCCC/C=C\C/C=C\CCCCCCCCCC(=O)OC[C@H](COC(=O)CCCCCCCCCCCCC)OC(=O)CCCCCCCCCCCCCCCCCCCCC. The van der Waals surface area contributed by atoms with Crippen molar-refractivity contribution in [3.05, 3.63) is 24.3 Å². The molecule has 0 saturated heterocycles. The first-order valence-corrected chi connectivity index (χ1v) is 28.8. The van der Waals surface area contributed by atoms with Crippen LogP contribution >= 0.6 is 0 Å². The van der Waals surface area contributed by atoms with Crippen molar-refractivity contribution in [1.82, 2.24) is 0 Å². The monoisotopic (exact) mass is 915 g/mol. The zero-order valence-electron chi connectivity index (χ0n) is 43.8. The highest BCUT2D eigenvalue weighted by Crippen LogP contribution is 2.17. The summed E-state index contributed by atoms with van der Waals surface area (Å²) in [7, 11) is 0. The Morgan fingerprint density at radius 1 is 0.308 bits per heavy atom. The molecular weight excluding hydrogens is 805 g/mol. The minimum atomic E-state index is -0.769. The molecule has 0 unspecified atom stereocenters. The van der Waals surface area contributed by atoms with Crippen molar-refractivity contribution in [3.8, 4) is 0 Å². The van der Waals surface area contributed by atoms with Crippen LogP contribution in [0.3, 0.4) is 0 Å². The van der Waals surface area contributed by atoms with Crippen LogP contribution < -0.4 is 0 Å². The van der Waals surface area contributed by atoms with E-state index in [1.54, 1.807) is 0 Å². The van der Waals surface area contributed by atoms with Gasteiger partial charge >= 0.3 is 17.9 Å². The number of hydrogen-bond donors (Lipinski definition) is 0. The Labute approximate surface area is 404 Å². The Hall–Kier alpha value is -2.11. The zero-order valence-corrected chi connectivity index (χ0v) is 43.8. The van der Waals surface area contributed by atoms with Gasteiger partial charge in [0.1, 0.15) is 13.2 Å². The Morgan fingerprint density at radius 2 is 0.554 bits per heavy atom. The molecule has 0 aliphatic carbocycles. The van der Waals surface area contributed by atoms with Crippen LogP contribution in [0.2, 0.25) is 0 Å². The molecule has 0 rings (SSSR count). The molecule has 1 atom stereocenters. The van der Waals surface area contributed by atoms with Crippen molar-refractivity contribution in [2.24, 2.45) is 0 Å². The maximum Gasteiger partial charge on any atom is 0.306 e. The number of rotatable bonds is 53. The fraction of sp³-hybridized carbons (Fsp3) is 0.881. The molecule has 6 heteroatoms. The minimum Gasteiger partial charge on any atom is -0.462 e. The number of carbonyl (C=O) groups is 3. The first-order chi connectivity index (χ1) is 32.0. The van der Waals surface area contributed by atoms with Crippen LogP contribution in [-0.2, 0) is 28.6 Å². The number of hydrogen-bond acceptors (Lipinski definition) is 6. The van der Waals surface area contributed by atoms with E-state index in [0.717, 1.165) is 70.6 Å². The average Bonchev–Trinajstić information content (AvgIpc) is 3.30. The summed E-state index contributed by atoms with van der Waals surface area (Å²) >= 11 is 0. The summed E-state index contributed by atoms with van der Waals surface area (Å²) in [6, 6.07) is 0. The van der Waals surface area contributed by atoms with Gasteiger partial charge in [-0.2, -0.15) is 0 Å². The van der Waals surface area contributed by atoms with Gasteiger partial charge in [-0.1, -0.05) is 270 Å². The van der Waals surface area contributed by atoms with Gasteiger partial charge in [0.15, 0.2) is 6.10 Å². The molecule has 6 nitrogen and oxygen atoms in total. The number of allylic oxidation sites excluding steroid dienone is 4. The Balaban J connectivity index is 4.29. The van der Waals surface area contributed by atoms with Gasteiger partial charge in [0.05, 0.1) is 0 Å². The van der Waals surface area contributed by atoms with Crippen LogP contribution in [0, 0.1) is 0 Å². The Bertz CT molecular complexity index is 1050. The highest BCUT2D eigenvalue weighted by molar-refractivity contribution is 5.71. The smallest absolute Gasteiger partial charge is 0.306 e. The van der Waals surface area contributed by atoms with Gasteiger partial charge in [-0.15, -0.1) is 0 Å². The van der Waals surface area contributed by atoms with Gasteiger partial charge in [0.25, 0.3) is 0 Å². The third-order valence-corrected chi connectivity index (χ3v) is 13.0. The fourth-order valence-electron chi connectivity index (χ4n) is 8.59. The predicted molar refractivity (Wildman–Crippen MR) is 279 cm³/mol. The second-order valence-electron chi connectivity index (χ2n) is 19.6. The summed E-state index contributed by atoms with van der Waals surface area (Å²) < 4.78 is 16.9. The van der Waals surface area contributed by atoms with E-state index in [2.05, 4.69) is 45.1 Å². The van der Waals surface area contributed by atoms with Gasteiger partial charge in [-0.25, -0.2) is 0 Å². The molecule has 65 heavy (non-hydrogen) atoms. The van der Waals surface area contributed by atoms with E-state index in [1.165, 1.54) is 205 Å². The van der Waals surface area contributed by atoms with Gasteiger partial charge in [0, 0.05) is 19.3 Å². The Kier molecular flexibility index (Phi) is 52.7. The van der Waals surface area contributed by atoms with Crippen LogP contribution in [0.25, 0.3) is 0 Å². The minimum absolute atomic E-state index is 0.0684. The van der Waals surface area contributed by atoms with Crippen LogP contribution in [0.1, 0.15) is 316 Å². The van der Waals surface area contributed by atoms with Crippen LogP contribution in [0.15, 0.2) is 24.3 Å². The predicted octanol–water partition coefficient (Wildman–Crippen LogP) is 19.1. The highest BCUT2D eigenvalue weighted by Gasteiger charge is 2.19. The molecular formula is C59H110O6. The molecule has 0 N–H and O–H groups in total. The van der Waals surface area contributed by atoms with Gasteiger partial charge in [0.2, 0.25) is 0 Å². The van der Waals surface area contributed by atoms with Crippen molar-refractivity contribution in [1.29, 1.82) is 0 Å². The summed E-state index contributed by atoms with van der Waals surface area (Å²) in [5.74, 6) is -0.856. The number of unbranched alkanes of at least 4 members (excludes halogenated alkanes) is 38. The molecule has 0 aliphatic rings. The molecule has 0 amide bonds. The van der Waals surface area contributed by atoms with Crippen LogP contribution in [-0.4, -0.2) is 37.2 Å². The number of carbonyl (C=O) groups excluding carboxylic acids is 3. The molecule has 0 aromatic carbocycles. The average molecular weight is 916 g/mol. The summed E-state index contributed by atoms with van der Waals surface area (Å²) in [6.07, 6.45) is 63.1. The summed E-state index contributed by atoms with van der Waals surface area (Å²) in [5, 5.41) is 0.